The van der Waals surface area contributed by atoms with E-state index in [0.717, 1.165) is 25.2 Å². The number of hydrogen-bond acceptors (Lipinski definition) is 5. The number of hydrogen-bond donors (Lipinski definition) is 2. The maximum absolute atomic E-state index is 12.4. The van der Waals surface area contributed by atoms with Crippen LogP contribution in [0.25, 0.3) is 0 Å². The summed E-state index contributed by atoms with van der Waals surface area (Å²) in [4.78, 5) is 23.5. The summed E-state index contributed by atoms with van der Waals surface area (Å²) in [6.45, 7) is 8.08. The van der Waals surface area contributed by atoms with Crippen molar-refractivity contribution in [3.05, 3.63) is 41.9 Å². The molecule has 0 bridgehead atoms. The smallest absolute Gasteiger partial charge is 0.270 e. The normalized spacial score (nSPS) is 15.3. The third-order valence-corrected chi connectivity index (χ3v) is 4.92. The monoisotopic (exact) mass is 367 g/mol. The van der Waals surface area contributed by atoms with E-state index >= 15 is 0 Å². The summed E-state index contributed by atoms with van der Waals surface area (Å²) in [5.74, 6) is 1.03. The molecule has 0 saturated carbocycles. The summed E-state index contributed by atoms with van der Waals surface area (Å²) in [6.07, 6.45) is 4.74. The first-order chi connectivity index (χ1) is 13.0. The molecule has 2 N–H and O–H groups in total. The van der Waals surface area contributed by atoms with E-state index < -0.39 is 0 Å². The Kier molecular flexibility index (Phi) is 6.27. The van der Waals surface area contributed by atoms with Crippen molar-refractivity contribution >= 4 is 23.1 Å². The highest BCUT2D eigenvalue weighted by atomic mass is 16.1. The SMILES string of the molecule is CCC(C)NC(=O)c1cc(Nc2ccc(N3CCCCC3)cc2)nc(C)n1. The van der Waals surface area contributed by atoms with Crippen molar-refractivity contribution in [1.29, 1.82) is 0 Å². The van der Waals surface area contributed by atoms with Crippen molar-refractivity contribution < 1.29 is 4.79 Å². The highest BCUT2D eigenvalue weighted by Crippen LogP contribution is 2.23. The van der Waals surface area contributed by atoms with Crippen molar-refractivity contribution in [3.8, 4) is 0 Å². The van der Waals surface area contributed by atoms with E-state index in [9.17, 15) is 4.79 Å². The maximum atomic E-state index is 12.4. The first-order valence-electron chi connectivity index (χ1n) is 9.83. The standard InChI is InChI=1S/C21H29N5O/c1-4-15(2)22-21(27)19-14-20(24-16(3)23-19)25-17-8-10-18(11-9-17)26-12-6-5-7-13-26/h8-11,14-15H,4-7,12-13H2,1-3H3,(H,22,27)(H,23,24,25). The summed E-state index contributed by atoms with van der Waals surface area (Å²) >= 11 is 0. The van der Waals surface area contributed by atoms with Crippen LogP contribution in [-0.4, -0.2) is 35.0 Å². The lowest BCUT2D eigenvalue weighted by Gasteiger charge is -2.28. The van der Waals surface area contributed by atoms with Gasteiger partial charge in [-0.25, -0.2) is 9.97 Å². The second-order valence-electron chi connectivity index (χ2n) is 7.19. The largest absolute Gasteiger partial charge is 0.372 e. The van der Waals surface area contributed by atoms with E-state index in [1.54, 1.807) is 13.0 Å². The Morgan fingerprint density at radius 1 is 1.15 bits per heavy atom. The van der Waals surface area contributed by atoms with Crippen LogP contribution in [-0.2, 0) is 0 Å². The average Bonchev–Trinajstić information content (AvgIpc) is 2.68. The van der Waals surface area contributed by atoms with Crippen molar-refractivity contribution in [2.24, 2.45) is 0 Å². The van der Waals surface area contributed by atoms with Crippen LogP contribution < -0.4 is 15.5 Å². The molecule has 1 unspecified atom stereocenters. The average molecular weight is 367 g/mol. The number of amides is 1. The number of anilines is 3. The molecule has 2 aromatic rings. The number of aromatic nitrogens is 2. The molecule has 6 nitrogen and oxygen atoms in total. The quantitative estimate of drug-likeness (QED) is 0.806. The molecule has 0 spiro atoms. The number of aryl methyl sites for hydroxylation is 1. The Bertz CT molecular complexity index is 769. The summed E-state index contributed by atoms with van der Waals surface area (Å²) in [5, 5.41) is 6.23. The van der Waals surface area contributed by atoms with Crippen LogP contribution in [0.3, 0.4) is 0 Å². The van der Waals surface area contributed by atoms with Gasteiger partial charge in [0.25, 0.3) is 5.91 Å². The maximum Gasteiger partial charge on any atom is 0.270 e. The molecule has 1 aliphatic rings. The van der Waals surface area contributed by atoms with Crippen LogP contribution >= 0.6 is 0 Å². The minimum Gasteiger partial charge on any atom is -0.372 e. The molecule has 1 amide bonds. The first-order valence-corrected chi connectivity index (χ1v) is 9.83. The molecular formula is C21H29N5O. The van der Waals surface area contributed by atoms with Crippen molar-refractivity contribution in [2.75, 3.05) is 23.3 Å². The van der Waals surface area contributed by atoms with Gasteiger partial charge in [-0.2, -0.15) is 0 Å². The molecule has 6 heteroatoms. The molecule has 27 heavy (non-hydrogen) atoms. The fraction of sp³-hybridized carbons (Fsp3) is 0.476. The highest BCUT2D eigenvalue weighted by molar-refractivity contribution is 5.93. The Hall–Kier alpha value is -2.63. The summed E-state index contributed by atoms with van der Waals surface area (Å²) in [6, 6.07) is 10.2. The molecule has 0 radical (unpaired) electrons. The van der Waals surface area contributed by atoms with Crippen LogP contribution in [0.2, 0.25) is 0 Å². The molecule has 0 aliphatic carbocycles. The van der Waals surface area contributed by atoms with Crippen molar-refractivity contribution in [2.45, 2.75) is 52.5 Å². The number of carbonyl (C=O) groups excluding carboxylic acids is 1. The molecule has 1 aliphatic heterocycles. The first kappa shape index (κ1) is 19.1. The van der Waals surface area contributed by atoms with Crippen LogP contribution in [0.1, 0.15) is 55.8 Å². The highest BCUT2D eigenvalue weighted by Gasteiger charge is 2.13. The lowest BCUT2D eigenvalue weighted by Crippen LogP contribution is -2.32. The van der Waals surface area contributed by atoms with E-state index in [1.165, 1.54) is 24.9 Å². The summed E-state index contributed by atoms with van der Waals surface area (Å²) < 4.78 is 0. The topological polar surface area (TPSA) is 70.2 Å². The van der Waals surface area contributed by atoms with Gasteiger partial charge in [0.05, 0.1) is 0 Å². The number of nitrogens with zero attached hydrogens (tertiary/aromatic N) is 3. The van der Waals surface area contributed by atoms with E-state index in [1.807, 2.05) is 13.8 Å². The molecule has 1 saturated heterocycles. The van der Waals surface area contributed by atoms with Gasteiger partial charge in [-0.15, -0.1) is 0 Å². The number of rotatable bonds is 6. The van der Waals surface area contributed by atoms with Gasteiger partial charge in [-0.1, -0.05) is 6.92 Å². The predicted molar refractivity (Wildman–Crippen MR) is 110 cm³/mol. The van der Waals surface area contributed by atoms with Gasteiger partial charge in [0.2, 0.25) is 0 Å². The zero-order valence-corrected chi connectivity index (χ0v) is 16.5. The van der Waals surface area contributed by atoms with Gasteiger partial charge >= 0.3 is 0 Å². The number of nitrogens with one attached hydrogen (secondary N) is 2. The van der Waals surface area contributed by atoms with Crippen LogP contribution in [0.15, 0.2) is 30.3 Å². The zero-order chi connectivity index (χ0) is 19.2. The van der Waals surface area contributed by atoms with E-state index in [0.29, 0.717) is 17.3 Å². The molecule has 144 valence electrons. The third-order valence-electron chi connectivity index (χ3n) is 4.92. The van der Waals surface area contributed by atoms with Crippen LogP contribution in [0, 0.1) is 6.92 Å². The number of piperidine rings is 1. The van der Waals surface area contributed by atoms with Gasteiger partial charge in [0.1, 0.15) is 17.3 Å². The Morgan fingerprint density at radius 3 is 2.52 bits per heavy atom. The molecule has 2 heterocycles. The van der Waals surface area contributed by atoms with E-state index in [-0.39, 0.29) is 11.9 Å². The molecule has 1 atom stereocenters. The predicted octanol–water partition coefficient (Wildman–Crippen LogP) is 4.05. The van der Waals surface area contributed by atoms with Gasteiger partial charge in [-0.3, -0.25) is 4.79 Å². The third kappa shape index (κ3) is 5.18. The molecule has 3 rings (SSSR count). The molecule has 1 fully saturated rings. The molecule has 1 aromatic carbocycles. The van der Waals surface area contributed by atoms with Crippen LogP contribution in [0.5, 0.6) is 0 Å². The van der Waals surface area contributed by atoms with Crippen LogP contribution in [0.4, 0.5) is 17.2 Å². The van der Waals surface area contributed by atoms with Gasteiger partial charge in [-0.05, 0) is 63.8 Å². The lowest BCUT2D eigenvalue weighted by molar-refractivity contribution is 0.0934. The van der Waals surface area contributed by atoms with E-state index in [2.05, 4.69) is 49.8 Å². The minimum absolute atomic E-state index is 0.117. The zero-order valence-electron chi connectivity index (χ0n) is 16.5. The lowest BCUT2D eigenvalue weighted by atomic mass is 10.1. The second-order valence-corrected chi connectivity index (χ2v) is 7.19. The van der Waals surface area contributed by atoms with Crippen molar-refractivity contribution in [3.63, 3.8) is 0 Å². The second kappa shape index (κ2) is 8.84. The van der Waals surface area contributed by atoms with Gasteiger partial charge in [0, 0.05) is 36.6 Å². The number of carbonyl (C=O) groups is 1. The summed E-state index contributed by atoms with van der Waals surface area (Å²) in [7, 11) is 0. The van der Waals surface area contributed by atoms with Gasteiger partial charge in [0.15, 0.2) is 0 Å². The Morgan fingerprint density at radius 2 is 1.85 bits per heavy atom. The molecule has 1 aromatic heterocycles. The Balaban J connectivity index is 1.70. The fourth-order valence-corrected chi connectivity index (χ4v) is 3.20. The fourth-order valence-electron chi connectivity index (χ4n) is 3.20. The van der Waals surface area contributed by atoms with Gasteiger partial charge < -0.3 is 15.5 Å². The number of benzene rings is 1. The molecular weight excluding hydrogens is 338 g/mol. The minimum atomic E-state index is -0.168. The summed E-state index contributed by atoms with van der Waals surface area (Å²) in [5.41, 5.74) is 2.59. The van der Waals surface area contributed by atoms with E-state index in [4.69, 9.17) is 0 Å². The Labute approximate surface area is 161 Å². The van der Waals surface area contributed by atoms with Crippen molar-refractivity contribution in [1.82, 2.24) is 15.3 Å².